The van der Waals surface area contributed by atoms with Crippen LogP contribution in [0.5, 0.6) is 0 Å². The van der Waals surface area contributed by atoms with E-state index >= 15 is 0 Å². The van der Waals surface area contributed by atoms with E-state index in [2.05, 4.69) is 20.6 Å². The number of nitrogens with one attached hydrogen (secondary N) is 2. The van der Waals surface area contributed by atoms with Gasteiger partial charge < -0.3 is 10.6 Å². The van der Waals surface area contributed by atoms with E-state index in [0.29, 0.717) is 19.0 Å². The minimum atomic E-state index is -0.409. The molecule has 116 valence electrons. The summed E-state index contributed by atoms with van der Waals surface area (Å²) in [5, 5.41) is 17.9. The highest BCUT2D eigenvalue weighted by Crippen LogP contribution is 2.12. The van der Waals surface area contributed by atoms with Gasteiger partial charge in [-0.25, -0.2) is 4.98 Å². The zero-order valence-electron chi connectivity index (χ0n) is 12.4. The van der Waals surface area contributed by atoms with Crippen molar-refractivity contribution in [2.24, 2.45) is 4.99 Å². The van der Waals surface area contributed by atoms with Gasteiger partial charge in [0.25, 0.3) is 5.69 Å². The molecule has 2 rings (SSSR count). The molecule has 2 N–H and O–H groups in total. The van der Waals surface area contributed by atoms with Gasteiger partial charge in [0, 0.05) is 36.8 Å². The third kappa shape index (κ3) is 4.52. The number of nitrogens with zero attached hydrogens (tertiary/aromatic N) is 3. The minimum Gasteiger partial charge on any atom is -0.352 e. The van der Waals surface area contributed by atoms with E-state index in [9.17, 15) is 10.1 Å². The lowest BCUT2D eigenvalue weighted by atomic mass is 10.2. The Balaban J connectivity index is 1.84. The topological polar surface area (TPSA) is 92.5 Å². The van der Waals surface area contributed by atoms with Gasteiger partial charge in [-0.1, -0.05) is 12.1 Å². The molecular weight excluding hydrogens is 302 g/mol. The fourth-order valence-corrected chi connectivity index (χ4v) is 2.51. The smallest absolute Gasteiger partial charge is 0.269 e. The standard InChI is InChI=1S/C14H17N5O2S/c1-10-7-16-13(22-10)9-18-14(15-2)17-8-11-3-5-12(6-4-11)19(20)21/h3-7H,8-9H2,1-2H3,(H2,15,17,18). The van der Waals surface area contributed by atoms with Gasteiger partial charge in [0.15, 0.2) is 5.96 Å². The van der Waals surface area contributed by atoms with Crippen LogP contribution in [-0.2, 0) is 13.1 Å². The van der Waals surface area contributed by atoms with Crippen LogP contribution in [0.1, 0.15) is 15.4 Å². The summed E-state index contributed by atoms with van der Waals surface area (Å²) in [5.74, 6) is 0.659. The molecule has 0 amide bonds. The molecule has 22 heavy (non-hydrogen) atoms. The number of nitro groups is 1. The third-order valence-corrected chi connectivity index (χ3v) is 3.82. The summed E-state index contributed by atoms with van der Waals surface area (Å²) >= 11 is 1.64. The van der Waals surface area contributed by atoms with E-state index in [4.69, 9.17) is 0 Å². The van der Waals surface area contributed by atoms with Gasteiger partial charge in [-0.3, -0.25) is 15.1 Å². The quantitative estimate of drug-likeness (QED) is 0.381. The highest BCUT2D eigenvalue weighted by molar-refractivity contribution is 7.11. The molecule has 1 aromatic carbocycles. The fourth-order valence-electron chi connectivity index (χ4n) is 1.78. The number of thiazole rings is 1. The first kappa shape index (κ1) is 15.9. The Morgan fingerprint density at radius 2 is 2.00 bits per heavy atom. The lowest BCUT2D eigenvalue weighted by Crippen LogP contribution is -2.36. The first-order chi connectivity index (χ1) is 10.6. The normalized spacial score (nSPS) is 11.3. The first-order valence-corrected chi connectivity index (χ1v) is 7.49. The molecular formula is C14H17N5O2S. The molecule has 0 radical (unpaired) electrons. The van der Waals surface area contributed by atoms with Crippen LogP contribution in [0, 0.1) is 17.0 Å². The number of hydrogen-bond donors (Lipinski definition) is 2. The number of aromatic nitrogens is 1. The summed E-state index contributed by atoms with van der Waals surface area (Å²) < 4.78 is 0. The molecule has 0 saturated heterocycles. The lowest BCUT2D eigenvalue weighted by Gasteiger charge is -2.10. The van der Waals surface area contributed by atoms with Crippen molar-refractivity contribution in [1.29, 1.82) is 0 Å². The van der Waals surface area contributed by atoms with E-state index in [1.54, 1.807) is 30.5 Å². The lowest BCUT2D eigenvalue weighted by molar-refractivity contribution is -0.384. The number of rotatable bonds is 5. The van der Waals surface area contributed by atoms with Crippen molar-refractivity contribution in [1.82, 2.24) is 15.6 Å². The number of hydrogen-bond acceptors (Lipinski definition) is 5. The van der Waals surface area contributed by atoms with Gasteiger partial charge in [0.2, 0.25) is 0 Å². The van der Waals surface area contributed by atoms with Crippen LogP contribution < -0.4 is 10.6 Å². The second kappa shape index (κ2) is 7.51. The van der Waals surface area contributed by atoms with Gasteiger partial charge in [0.05, 0.1) is 11.5 Å². The van der Waals surface area contributed by atoms with E-state index in [1.165, 1.54) is 17.0 Å². The van der Waals surface area contributed by atoms with Gasteiger partial charge in [-0.15, -0.1) is 11.3 Å². The Hall–Kier alpha value is -2.48. The van der Waals surface area contributed by atoms with Crippen LogP contribution in [-0.4, -0.2) is 22.9 Å². The van der Waals surface area contributed by atoms with Crippen molar-refractivity contribution in [3.8, 4) is 0 Å². The van der Waals surface area contributed by atoms with Crippen molar-refractivity contribution in [2.45, 2.75) is 20.0 Å². The van der Waals surface area contributed by atoms with Crippen molar-refractivity contribution in [3.05, 3.63) is 56.0 Å². The fraction of sp³-hybridized carbons (Fsp3) is 0.286. The van der Waals surface area contributed by atoms with E-state index < -0.39 is 4.92 Å². The molecule has 0 spiro atoms. The monoisotopic (exact) mass is 319 g/mol. The number of nitro benzene ring substituents is 1. The maximum atomic E-state index is 10.6. The zero-order valence-corrected chi connectivity index (χ0v) is 13.2. The number of aliphatic imine (C=N–C) groups is 1. The predicted octanol–water partition coefficient (Wildman–Crippen LogP) is 2.22. The van der Waals surface area contributed by atoms with Gasteiger partial charge >= 0.3 is 0 Å². The Labute approximate surface area is 132 Å². The van der Waals surface area contributed by atoms with Gasteiger partial charge in [-0.2, -0.15) is 0 Å². The van der Waals surface area contributed by atoms with Crippen LogP contribution in [0.2, 0.25) is 0 Å². The predicted molar refractivity (Wildman–Crippen MR) is 87.0 cm³/mol. The third-order valence-electron chi connectivity index (χ3n) is 2.91. The van der Waals surface area contributed by atoms with Crippen molar-refractivity contribution in [2.75, 3.05) is 7.05 Å². The Kier molecular flexibility index (Phi) is 5.42. The summed E-state index contributed by atoms with van der Waals surface area (Å²) in [7, 11) is 1.69. The van der Waals surface area contributed by atoms with Crippen LogP contribution in [0.15, 0.2) is 35.5 Å². The maximum absolute atomic E-state index is 10.6. The Morgan fingerprint density at radius 1 is 1.32 bits per heavy atom. The molecule has 0 aliphatic carbocycles. The average molecular weight is 319 g/mol. The van der Waals surface area contributed by atoms with Crippen molar-refractivity contribution < 1.29 is 4.92 Å². The molecule has 8 heteroatoms. The first-order valence-electron chi connectivity index (χ1n) is 6.67. The van der Waals surface area contributed by atoms with Crippen molar-refractivity contribution in [3.63, 3.8) is 0 Å². The van der Waals surface area contributed by atoms with Crippen LogP contribution >= 0.6 is 11.3 Å². The van der Waals surface area contributed by atoms with Crippen LogP contribution in [0.3, 0.4) is 0 Å². The molecule has 0 fully saturated rings. The summed E-state index contributed by atoms with van der Waals surface area (Å²) in [4.78, 5) is 19.8. The molecule has 1 heterocycles. The molecule has 0 saturated carbocycles. The number of guanidine groups is 1. The summed E-state index contributed by atoms with van der Waals surface area (Å²) in [5.41, 5.74) is 1.03. The number of aryl methyl sites for hydroxylation is 1. The minimum absolute atomic E-state index is 0.0883. The second-order valence-corrected chi connectivity index (χ2v) is 5.89. The molecule has 0 bridgehead atoms. The largest absolute Gasteiger partial charge is 0.352 e. The highest BCUT2D eigenvalue weighted by atomic mass is 32.1. The summed E-state index contributed by atoms with van der Waals surface area (Å²) in [6.07, 6.45) is 1.84. The highest BCUT2D eigenvalue weighted by Gasteiger charge is 2.05. The van der Waals surface area contributed by atoms with E-state index in [0.717, 1.165) is 10.6 Å². The van der Waals surface area contributed by atoms with Crippen molar-refractivity contribution >= 4 is 23.0 Å². The molecule has 0 atom stereocenters. The number of non-ortho nitro benzene ring substituents is 1. The Bertz CT molecular complexity index is 666. The molecule has 1 aromatic heterocycles. The van der Waals surface area contributed by atoms with Crippen LogP contribution in [0.4, 0.5) is 5.69 Å². The van der Waals surface area contributed by atoms with Gasteiger partial charge in [0.1, 0.15) is 5.01 Å². The van der Waals surface area contributed by atoms with E-state index in [-0.39, 0.29) is 5.69 Å². The Morgan fingerprint density at radius 3 is 2.55 bits per heavy atom. The summed E-state index contributed by atoms with van der Waals surface area (Å²) in [6, 6.07) is 6.43. The second-order valence-electron chi connectivity index (χ2n) is 4.57. The molecule has 0 unspecified atom stereocenters. The SMILES string of the molecule is CN=C(NCc1ccc([N+](=O)[O-])cc1)NCc1ncc(C)s1. The molecule has 7 nitrogen and oxygen atoms in total. The van der Waals surface area contributed by atoms with E-state index in [1.807, 2.05) is 13.1 Å². The number of benzene rings is 1. The maximum Gasteiger partial charge on any atom is 0.269 e. The molecule has 0 aliphatic heterocycles. The van der Waals surface area contributed by atoms with Crippen LogP contribution in [0.25, 0.3) is 0 Å². The molecule has 0 aliphatic rings. The average Bonchev–Trinajstić information content (AvgIpc) is 2.93. The molecule has 2 aromatic rings. The zero-order chi connectivity index (χ0) is 15.9. The summed E-state index contributed by atoms with van der Waals surface area (Å²) in [6.45, 7) is 3.16. The van der Waals surface area contributed by atoms with Gasteiger partial charge in [-0.05, 0) is 12.5 Å².